The first-order valence-electron chi connectivity index (χ1n) is 7.70. The number of hydrogen-bond donors (Lipinski definition) is 1. The molecule has 5 heteroatoms. The van der Waals surface area contributed by atoms with Gasteiger partial charge in [-0.2, -0.15) is 5.10 Å². The Hall–Kier alpha value is -2.56. The summed E-state index contributed by atoms with van der Waals surface area (Å²) in [6.07, 6.45) is 3.78. The van der Waals surface area contributed by atoms with Gasteiger partial charge >= 0.3 is 0 Å². The smallest absolute Gasteiger partial charge is 0.225 e. The first-order chi connectivity index (χ1) is 11.0. The molecule has 0 bridgehead atoms. The van der Waals surface area contributed by atoms with Gasteiger partial charge in [-0.1, -0.05) is 12.1 Å². The highest BCUT2D eigenvalue weighted by molar-refractivity contribution is 5.88. The zero-order valence-corrected chi connectivity index (χ0v) is 13.9. The van der Waals surface area contributed by atoms with Gasteiger partial charge in [0.15, 0.2) is 0 Å². The number of carbonyl (C=O) groups is 1. The minimum Gasteiger partial charge on any atom is -0.464 e. The highest BCUT2D eigenvalue weighted by Crippen LogP contribution is 2.23. The molecule has 5 nitrogen and oxygen atoms in total. The van der Waals surface area contributed by atoms with Crippen molar-refractivity contribution < 1.29 is 9.21 Å². The molecule has 0 aliphatic carbocycles. The van der Waals surface area contributed by atoms with Crippen molar-refractivity contribution in [3.8, 4) is 0 Å². The Morgan fingerprint density at radius 3 is 2.87 bits per heavy atom. The molecule has 0 spiro atoms. The summed E-state index contributed by atoms with van der Waals surface area (Å²) in [6, 6.07) is 5.95. The van der Waals surface area contributed by atoms with Gasteiger partial charge < -0.3 is 9.73 Å². The molecular formula is C18H21N3O2. The SMILES string of the molecule is Cc1ccc2c(CC(=O)NC(C)c3cnn(C)c3C)coc2c1. The summed E-state index contributed by atoms with van der Waals surface area (Å²) in [7, 11) is 1.90. The van der Waals surface area contributed by atoms with E-state index < -0.39 is 0 Å². The molecule has 0 aliphatic heterocycles. The minimum absolute atomic E-state index is 0.0240. The fourth-order valence-corrected chi connectivity index (χ4v) is 2.81. The second-order valence-electron chi connectivity index (χ2n) is 6.04. The van der Waals surface area contributed by atoms with Crippen LogP contribution in [0.1, 0.15) is 35.3 Å². The average Bonchev–Trinajstić information content (AvgIpc) is 3.03. The molecule has 1 atom stereocenters. The first kappa shape index (κ1) is 15.3. The highest BCUT2D eigenvalue weighted by Gasteiger charge is 2.16. The van der Waals surface area contributed by atoms with E-state index in [-0.39, 0.29) is 11.9 Å². The van der Waals surface area contributed by atoms with Crippen molar-refractivity contribution in [2.24, 2.45) is 7.05 Å². The quantitative estimate of drug-likeness (QED) is 0.805. The normalized spacial score (nSPS) is 12.5. The van der Waals surface area contributed by atoms with Crippen LogP contribution in [0.2, 0.25) is 0 Å². The topological polar surface area (TPSA) is 60.1 Å². The molecule has 0 fully saturated rings. The molecule has 23 heavy (non-hydrogen) atoms. The van der Waals surface area contributed by atoms with E-state index in [1.165, 1.54) is 0 Å². The number of amides is 1. The van der Waals surface area contributed by atoms with Gasteiger partial charge in [-0.25, -0.2) is 0 Å². The molecule has 1 unspecified atom stereocenters. The predicted molar refractivity (Wildman–Crippen MR) is 89.2 cm³/mol. The molecule has 2 heterocycles. The molecule has 0 aliphatic rings. The van der Waals surface area contributed by atoms with Crippen molar-refractivity contribution in [3.05, 3.63) is 53.0 Å². The van der Waals surface area contributed by atoms with Gasteiger partial charge in [0, 0.05) is 29.3 Å². The number of furan rings is 1. The molecule has 2 aromatic heterocycles. The summed E-state index contributed by atoms with van der Waals surface area (Å²) in [5.41, 5.74) is 4.97. The van der Waals surface area contributed by atoms with E-state index in [4.69, 9.17) is 4.42 Å². The van der Waals surface area contributed by atoms with E-state index >= 15 is 0 Å². The first-order valence-corrected chi connectivity index (χ1v) is 7.70. The second-order valence-corrected chi connectivity index (χ2v) is 6.04. The zero-order valence-electron chi connectivity index (χ0n) is 13.9. The van der Waals surface area contributed by atoms with Crippen LogP contribution in [0.5, 0.6) is 0 Å². The molecule has 1 aromatic carbocycles. The Labute approximate surface area is 135 Å². The van der Waals surface area contributed by atoms with Crippen molar-refractivity contribution in [1.29, 1.82) is 0 Å². The molecule has 3 aromatic rings. The molecule has 1 N–H and O–H groups in total. The monoisotopic (exact) mass is 311 g/mol. The van der Waals surface area contributed by atoms with Crippen LogP contribution in [0.15, 0.2) is 35.1 Å². The molecule has 1 amide bonds. The summed E-state index contributed by atoms with van der Waals surface area (Å²) in [5.74, 6) is -0.0240. The summed E-state index contributed by atoms with van der Waals surface area (Å²) in [6.45, 7) is 5.99. The number of rotatable bonds is 4. The largest absolute Gasteiger partial charge is 0.464 e. The lowest BCUT2D eigenvalue weighted by molar-refractivity contribution is -0.121. The van der Waals surface area contributed by atoms with Crippen LogP contribution in [0, 0.1) is 13.8 Å². The zero-order chi connectivity index (χ0) is 16.6. The average molecular weight is 311 g/mol. The van der Waals surface area contributed by atoms with Crippen LogP contribution in [-0.2, 0) is 18.3 Å². The Morgan fingerprint density at radius 1 is 1.39 bits per heavy atom. The molecule has 120 valence electrons. The van der Waals surface area contributed by atoms with Crippen molar-refractivity contribution in [1.82, 2.24) is 15.1 Å². The van der Waals surface area contributed by atoms with Crippen LogP contribution in [0.4, 0.5) is 0 Å². The minimum atomic E-state index is -0.0726. The molecule has 0 saturated heterocycles. The van der Waals surface area contributed by atoms with Crippen molar-refractivity contribution in [2.45, 2.75) is 33.2 Å². The van der Waals surface area contributed by atoms with Crippen LogP contribution in [0.25, 0.3) is 11.0 Å². The van der Waals surface area contributed by atoms with E-state index in [1.54, 1.807) is 12.5 Å². The van der Waals surface area contributed by atoms with Gasteiger partial charge in [0.1, 0.15) is 5.58 Å². The number of carbonyl (C=O) groups excluding carboxylic acids is 1. The lowest BCUT2D eigenvalue weighted by Gasteiger charge is -2.13. The van der Waals surface area contributed by atoms with E-state index in [0.29, 0.717) is 6.42 Å². The molecule has 0 radical (unpaired) electrons. The fourth-order valence-electron chi connectivity index (χ4n) is 2.81. The number of benzene rings is 1. The number of aryl methyl sites for hydroxylation is 2. The van der Waals surface area contributed by atoms with Gasteiger partial charge in [0.25, 0.3) is 0 Å². The van der Waals surface area contributed by atoms with Crippen LogP contribution in [0.3, 0.4) is 0 Å². The lowest BCUT2D eigenvalue weighted by atomic mass is 10.1. The van der Waals surface area contributed by atoms with Gasteiger partial charge in [0.05, 0.1) is 24.9 Å². The number of nitrogens with zero attached hydrogens (tertiary/aromatic N) is 2. The van der Waals surface area contributed by atoms with Crippen molar-refractivity contribution in [3.63, 3.8) is 0 Å². The lowest BCUT2D eigenvalue weighted by Crippen LogP contribution is -2.28. The molecular weight excluding hydrogens is 290 g/mol. The third-order valence-electron chi connectivity index (χ3n) is 4.28. The highest BCUT2D eigenvalue weighted by atomic mass is 16.3. The van der Waals surface area contributed by atoms with Crippen LogP contribution in [-0.4, -0.2) is 15.7 Å². The Bertz CT molecular complexity index is 860. The van der Waals surface area contributed by atoms with Crippen molar-refractivity contribution >= 4 is 16.9 Å². The number of aromatic nitrogens is 2. The number of nitrogens with one attached hydrogen (secondary N) is 1. The summed E-state index contributed by atoms with van der Waals surface area (Å²) in [4.78, 5) is 12.3. The number of fused-ring (bicyclic) bond motifs is 1. The van der Waals surface area contributed by atoms with Gasteiger partial charge in [0.2, 0.25) is 5.91 Å². The van der Waals surface area contributed by atoms with E-state index in [9.17, 15) is 4.79 Å². The Morgan fingerprint density at radius 2 is 2.17 bits per heavy atom. The summed E-state index contributed by atoms with van der Waals surface area (Å²) >= 11 is 0. The van der Waals surface area contributed by atoms with E-state index in [2.05, 4.69) is 10.4 Å². The van der Waals surface area contributed by atoms with Gasteiger partial charge in [-0.05, 0) is 32.4 Å². The summed E-state index contributed by atoms with van der Waals surface area (Å²) in [5, 5.41) is 8.25. The standard InChI is InChI=1S/C18H21N3O2/c1-11-5-6-15-14(10-23-17(15)7-11)8-18(22)20-12(2)16-9-19-21(4)13(16)3/h5-7,9-10,12H,8H2,1-4H3,(H,20,22). The van der Waals surface area contributed by atoms with Crippen LogP contribution < -0.4 is 5.32 Å². The second kappa shape index (κ2) is 5.91. The van der Waals surface area contributed by atoms with E-state index in [1.807, 2.05) is 50.7 Å². The summed E-state index contributed by atoms with van der Waals surface area (Å²) < 4.78 is 7.36. The maximum absolute atomic E-state index is 12.3. The Balaban J connectivity index is 1.72. The maximum atomic E-state index is 12.3. The predicted octanol–water partition coefficient (Wildman–Crippen LogP) is 3.20. The third kappa shape index (κ3) is 2.99. The Kier molecular flexibility index (Phi) is 3.94. The molecule has 0 saturated carbocycles. The third-order valence-corrected chi connectivity index (χ3v) is 4.28. The fraction of sp³-hybridized carbons (Fsp3) is 0.333. The van der Waals surface area contributed by atoms with Crippen LogP contribution >= 0.6 is 0 Å². The van der Waals surface area contributed by atoms with Gasteiger partial charge in [-0.3, -0.25) is 9.48 Å². The molecule has 3 rings (SSSR count). The maximum Gasteiger partial charge on any atom is 0.225 e. The number of hydrogen-bond acceptors (Lipinski definition) is 3. The van der Waals surface area contributed by atoms with E-state index in [0.717, 1.165) is 33.4 Å². The van der Waals surface area contributed by atoms with Gasteiger partial charge in [-0.15, -0.1) is 0 Å². The van der Waals surface area contributed by atoms with Crippen molar-refractivity contribution in [2.75, 3.05) is 0 Å².